The first-order chi connectivity index (χ1) is 8.04. The summed E-state index contributed by atoms with van der Waals surface area (Å²) in [4.78, 5) is 8.87. The maximum atomic E-state index is 4.57. The summed E-state index contributed by atoms with van der Waals surface area (Å²) in [5.41, 5.74) is 1.16. The van der Waals surface area contributed by atoms with E-state index >= 15 is 0 Å². The van der Waals surface area contributed by atoms with E-state index in [9.17, 15) is 0 Å². The van der Waals surface area contributed by atoms with E-state index in [0.29, 0.717) is 11.2 Å². The SMILES string of the molecule is CCCNc1ncc(C)c(SC(C)C(C)C)n1. The monoisotopic (exact) mass is 253 g/mol. The molecule has 0 aliphatic carbocycles. The van der Waals surface area contributed by atoms with Crippen LogP contribution in [0.4, 0.5) is 5.95 Å². The average Bonchev–Trinajstić information content (AvgIpc) is 2.29. The highest BCUT2D eigenvalue weighted by Crippen LogP contribution is 2.28. The van der Waals surface area contributed by atoms with Crippen LogP contribution < -0.4 is 5.32 Å². The maximum Gasteiger partial charge on any atom is 0.223 e. The predicted molar refractivity (Wildman–Crippen MR) is 75.7 cm³/mol. The molecule has 1 aromatic heterocycles. The Bertz CT molecular complexity index is 353. The van der Waals surface area contributed by atoms with E-state index in [1.165, 1.54) is 0 Å². The molecule has 1 atom stereocenters. The van der Waals surface area contributed by atoms with E-state index in [1.54, 1.807) is 0 Å². The zero-order valence-corrected chi connectivity index (χ0v) is 12.3. The summed E-state index contributed by atoms with van der Waals surface area (Å²) in [6.45, 7) is 11.9. The van der Waals surface area contributed by atoms with Gasteiger partial charge in [0, 0.05) is 18.0 Å². The Balaban J connectivity index is 2.75. The molecule has 1 N–H and O–H groups in total. The van der Waals surface area contributed by atoms with Gasteiger partial charge >= 0.3 is 0 Å². The molecule has 1 rings (SSSR count). The molecule has 17 heavy (non-hydrogen) atoms. The van der Waals surface area contributed by atoms with Crippen molar-refractivity contribution < 1.29 is 0 Å². The minimum Gasteiger partial charge on any atom is -0.354 e. The molecule has 1 aromatic rings. The minimum absolute atomic E-state index is 0.572. The smallest absolute Gasteiger partial charge is 0.223 e. The van der Waals surface area contributed by atoms with Crippen molar-refractivity contribution in [1.29, 1.82) is 0 Å². The van der Waals surface area contributed by atoms with Gasteiger partial charge in [-0.05, 0) is 24.8 Å². The molecule has 0 amide bonds. The molecule has 0 spiro atoms. The second-order valence-electron chi connectivity index (χ2n) is 4.68. The molecule has 0 bridgehead atoms. The lowest BCUT2D eigenvalue weighted by molar-refractivity contribution is 0.641. The number of anilines is 1. The van der Waals surface area contributed by atoms with E-state index < -0.39 is 0 Å². The van der Waals surface area contributed by atoms with Crippen LogP contribution in [-0.4, -0.2) is 21.8 Å². The van der Waals surface area contributed by atoms with Gasteiger partial charge in [0.1, 0.15) is 5.03 Å². The molecular weight excluding hydrogens is 230 g/mol. The third-order valence-electron chi connectivity index (χ3n) is 2.69. The van der Waals surface area contributed by atoms with Gasteiger partial charge in [-0.2, -0.15) is 0 Å². The summed E-state index contributed by atoms with van der Waals surface area (Å²) in [6, 6.07) is 0. The lowest BCUT2D eigenvalue weighted by Crippen LogP contribution is -2.09. The highest BCUT2D eigenvalue weighted by molar-refractivity contribution is 7.99. The van der Waals surface area contributed by atoms with Crippen LogP contribution in [0.15, 0.2) is 11.2 Å². The van der Waals surface area contributed by atoms with Crippen LogP contribution in [0.5, 0.6) is 0 Å². The highest BCUT2D eigenvalue weighted by atomic mass is 32.2. The second kappa shape index (κ2) is 6.84. The molecule has 4 heteroatoms. The van der Waals surface area contributed by atoms with E-state index in [1.807, 2.05) is 18.0 Å². The Kier molecular flexibility index (Phi) is 5.75. The summed E-state index contributed by atoms with van der Waals surface area (Å²) >= 11 is 1.83. The fourth-order valence-electron chi connectivity index (χ4n) is 1.18. The Hall–Kier alpha value is -0.770. The lowest BCUT2D eigenvalue weighted by Gasteiger charge is -2.16. The number of thioether (sulfide) groups is 1. The quantitative estimate of drug-likeness (QED) is 0.619. The fourth-order valence-corrected chi connectivity index (χ4v) is 2.18. The first-order valence-corrected chi connectivity index (χ1v) is 7.16. The zero-order valence-electron chi connectivity index (χ0n) is 11.4. The fraction of sp³-hybridized carbons (Fsp3) is 0.692. The first kappa shape index (κ1) is 14.3. The molecule has 0 saturated heterocycles. The summed E-state index contributed by atoms with van der Waals surface area (Å²) < 4.78 is 0. The number of aromatic nitrogens is 2. The number of aryl methyl sites for hydroxylation is 1. The Morgan fingerprint density at radius 3 is 2.65 bits per heavy atom. The highest BCUT2D eigenvalue weighted by Gasteiger charge is 2.12. The largest absolute Gasteiger partial charge is 0.354 e. The molecular formula is C13H23N3S. The summed E-state index contributed by atoms with van der Waals surface area (Å²) in [7, 11) is 0. The van der Waals surface area contributed by atoms with Gasteiger partial charge < -0.3 is 5.32 Å². The zero-order chi connectivity index (χ0) is 12.8. The Morgan fingerprint density at radius 1 is 1.35 bits per heavy atom. The van der Waals surface area contributed by atoms with Gasteiger partial charge in [-0.3, -0.25) is 0 Å². The molecule has 0 aliphatic heterocycles. The van der Waals surface area contributed by atoms with Crippen LogP contribution in [0.2, 0.25) is 0 Å². The number of hydrogen-bond acceptors (Lipinski definition) is 4. The second-order valence-corrected chi connectivity index (χ2v) is 6.04. The summed E-state index contributed by atoms with van der Waals surface area (Å²) in [5, 5.41) is 4.90. The molecule has 96 valence electrons. The number of nitrogens with zero attached hydrogens (tertiary/aromatic N) is 2. The van der Waals surface area contributed by atoms with Crippen molar-refractivity contribution in [2.45, 2.75) is 51.3 Å². The van der Waals surface area contributed by atoms with Crippen LogP contribution in [0, 0.1) is 12.8 Å². The van der Waals surface area contributed by atoms with Crippen molar-refractivity contribution >= 4 is 17.7 Å². The van der Waals surface area contributed by atoms with Gasteiger partial charge in [0.05, 0.1) is 0 Å². The topological polar surface area (TPSA) is 37.8 Å². The van der Waals surface area contributed by atoms with Gasteiger partial charge in [-0.1, -0.05) is 27.7 Å². The minimum atomic E-state index is 0.572. The number of hydrogen-bond donors (Lipinski definition) is 1. The van der Waals surface area contributed by atoms with Crippen molar-refractivity contribution in [3.05, 3.63) is 11.8 Å². The van der Waals surface area contributed by atoms with Gasteiger partial charge in [0.25, 0.3) is 0 Å². The average molecular weight is 253 g/mol. The molecule has 0 radical (unpaired) electrons. The molecule has 1 unspecified atom stereocenters. The standard InChI is InChI=1S/C13H23N3S/c1-6-7-14-13-15-8-10(4)12(16-13)17-11(5)9(2)3/h8-9,11H,6-7H2,1-5H3,(H,14,15,16). The van der Waals surface area contributed by atoms with Crippen molar-refractivity contribution in [2.75, 3.05) is 11.9 Å². The third kappa shape index (κ3) is 4.54. The molecule has 0 saturated carbocycles. The van der Waals surface area contributed by atoms with Gasteiger partial charge in [-0.25, -0.2) is 9.97 Å². The van der Waals surface area contributed by atoms with Crippen LogP contribution in [0.25, 0.3) is 0 Å². The van der Waals surface area contributed by atoms with Gasteiger partial charge in [0.2, 0.25) is 5.95 Å². The van der Waals surface area contributed by atoms with Gasteiger partial charge in [-0.15, -0.1) is 11.8 Å². The van der Waals surface area contributed by atoms with E-state index in [2.05, 4.69) is 49.9 Å². The summed E-state index contributed by atoms with van der Waals surface area (Å²) in [5.74, 6) is 1.40. The third-order valence-corrected chi connectivity index (χ3v) is 4.25. The first-order valence-electron chi connectivity index (χ1n) is 6.28. The van der Waals surface area contributed by atoms with Crippen molar-refractivity contribution in [1.82, 2.24) is 9.97 Å². The molecule has 0 fully saturated rings. The predicted octanol–water partition coefficient (Wildman–Crippen LogP) is 3.74. The number of nitrogens with one attached hydrogen (secondary N) is 1. The molecule has 3 nitrogen and oxygen atoms in total. The van der Waals surface area contributed by atoms with Crippen molar-refractivity contribution in [3.63, 3.8) is 0 Å². The van der Waals surface area contributed by atoms with Crippen LogP contribution in [-0.2, 0) is 0 Å². The van der Waals surface area contributed by atoms with E-state index in [4.69, 9.17) is 0 Å². The molecule has 0 aliphatic rings. The van der Waals surface area contributed by atoms with Gasteiger partial charge in [0.15, 0.2) is 0 Å². The molecule has 1 heterocycles. The van der Waals surface area contributed by atoms with E-state index in [-0.39, 0.29) is 0 Å². The lowest BCUT2D eigenvalue weighted by atomic mass is 10.2. The normalized spacial score (nSPS) is 12.8. The molecule has 0 aromatic carbocycles. The van der Waals surface area contributed by atoms with Crippen LogP contribution >= 0.6 is 11.8 Å². The van der Waals surface area contributed by atoms with E-state index in [0.717, 1.165) is 29.5 Å². The Labute approximate surface area is 109 Å². The van der Waals surface area contributed by atoms with Crippen LogP contribution in [0.1, 0.15) is 39.7 Å². The van der Waals surface area contributed by atoms with Crippen LogP contribution in [0.3, 0.4) is 0 Å². The van der Waals surface area contributed by atoms with Crippen molar-refractivity contribution in [3.8, 4) is 0 Å². The summed E-state index contributed by atoms with van der Waals surface area (Å²) in [6.07, 6.45) is 2.99. The van der Waals surface area contributed by atoms with Crippen molar-refractivity contribution in [2.24, 2.45) is 5.92 Å². The number of rotatable bonds is 6. The Morgan fingerprint density at radius 2 is 2.06 bits per heavy atom. The maximum absolute atomic E-state index is 4.57.